The number of hydrogen-bond donors (Lipinski definition) is 1. The van der Waals surface area contributed by atoms with Gasteiger partial charge in [0.1, 0.15) is 0 Å². The molecule has 1 aliphatic carbocycles. The molecule has 0 heterocycles. The van der Waals surface area contributed by atoms with Crippen LogP contribution in [-0.4, -0.2) is 5.91 Å². The summed E-state index contributed by atoms with van der Waals surface area (Å²) in [6.45, 7) is 2.03. The molecule has 0 radical (unpaired) electrons. The summed E-state index contributed by atoms with van der Waals surface area (Å²) >= 11 is 2.28. The van der Waals surface area contributed by atoms with Crippen molar-refractivity contribution < 1.29 is 4.79 Å². The van der Waals surface area contributed by atoms with Crippen molar-refractivity contribution in [1.82, 2.24) is 0 Å². The van der Waals surface area contributed by atoms with E-state index >= 15 is 0 Å². The monoisotopic (exact) mass is 329 g/mol. The highest BCUT2D eigenvalue weighted by molar-refractivity contribution is 14.1. The number of amides is 1. The third-order valence-corrected chi connectivity index (χ3v) is 3.84. The van der Waals surface area contributed by atoms with Crippen molar-refractivity contribution >= 4 is 34.2 Å². The molecule has 16 heavy (non-hydrogen) atoms. The molecule has 0 aromatic heterocycles. The van der Waals surface area contributed by atoms with Gasteiger partial charge in [-0.25, -0.2) is 0 Å². The molecule has 0 saturated heterocycles. The summed E-state index contributed by atoms with van der Waals surface area (Å²) in [5.41, 5.74) is 2.09. The molecule has 0 unspecified atom stereocenters. The minimum absolute atomic E-state index is 0.196. The number of aryl methyl sites for hydroxylation is 1. The molecule has 1 aliphatic rings. The molecule has 2 rings (SSSR count). The summed E-state index contributed by atoms with van der Waals surface area (Å²) in [6.07, 6.45) is 4.50. The molecule has 3 heteroatoms. The Morgan fingerprint density at radius 2 is 2.06 bits per heavy atom. The zero-order chi connectivity index (χ0) is 11.5. The first-order chi connectivity index (χ1) is 7.66. The van der Waals surface area contributed by atoms with E-state index in [-0.39, 0.29) is 11.8 Å². The molecular formula is C13H16INO. The Labute approximate surface area is 110 Å². The van der Waals surface area contributed by atoms with Crippen LogP contribution in [0.2, 0.25) is 0 Å². The summed E-state index contributed by atoms with van der Waals surface area (Å²) in [5, 5.41) is 3.04. The summed E-state index contributed by atoms with van der Waals surface area (Å²) in [7, 11) is 0. The van der Waals surface area contributed by atoms with Crippen LogP contribution in [0.25, 0.3) is 0 Å². The molecule has 0 bridgehead atoms. The number of rotatable bonds is 2. The maximum Gasteiger partial charge on any atom is 0.227 e. The third-order valence-electron chi connectivity index (χ3n) is 3.17. The quantitative estimate of drug-likeness (QED) is 0.823. The predicted molar refractivity (Wildman–Crippen MR) is 74.5 cm³/mol. The van der Waals surface area contributed by atoms with E-state index in [1.165, 1.54) is 16.4 Å². The Balaban J connectivity index is 2.05. The van der Waals surface area contributed by atoms with E-state index in [1.807, 2.05) is 19.1 Å². The van der Waals surface area contributed by atoms with Gasteiger partial charge in [-0.1, -0.05) is 12.8 Å². The van der Waals surface area contributed by atoms with E-state index in [4.69, 9.17) is 0 Å². The number of benzene rings is 1. The van der Waals surface area contributed by atoms with Crippen molar-refractivity contribution in [2.24, 2.45) is 5.92 Å². The van der Waals surface area contributed by atoms with Crippen LogP contribution >= 0.6 is 22.6 Å². The van der Waals surface area contributed by atoms with E-state index in [0.717, 1.165) is 24.1 Å². The zero-order valence-corrected chi connectivity index (χ0v) is 11.6. The zero-order valence-electron chi connectivity index (χ0n) is 9.42. The molecule has 1 saturated carbocycles. The van der Waals surface area contributed by atoms with Gasteiger partial charge in [0.15, 0.2) is 0 Å². The molecule has 0 aliphatic heterocycles. The lowest BCUT2D eigenvalue weighted by Crippen LogP contribution is -2.20. The second-order valence-corrected chi connectivity index (χ2v) is 5.68. The van der Waals surface area contributed by atoms with Gasteiger partial charge in [0, 0.05) is 15.2 Å². The number of carbonyl (C=O) groups excluding carboxylic acids is 1. The van der Waals surface area contributed by atoms with E-state index in [1.54, 1.807) is 0 Å². The van der Waals surface area contributed by atoms with Gasteiger partial charge < -0.3 is 5.32 Å². The third kappa shape index (κ3) is 2.75. The predicted octanol–water partition coefficient (Wildman–Crippen LogP) is 3.73. The summed E-state index contributed by atoms with van der Waals surface area (Å²) in [6, 6.07) is 6.10. The second-order valence-electron chi connectivity index (χ2n) is 4.43. The van der Waals surface area contributed by atoms with E-state index in [9.17, 15) is 4.79 Å². The van der Waals surface area contributed by atoms with Crippen molar-refractivity contribution in [3.63, 3.8) is 0 Å². The molecule has 86 valence electrons. The van der Waals surface area contributed by atoms with Gasteiger partial charge in [-0.3, -0.25) is 4.79 Å². The van der Waals surface area contributed by atoms with Crippen LogP contribution in [-0.2, 0) is 4.79 Å². The topological polar surface area (TPSA) is 29.1 Å². The molecule has 0 atom stereocenters. The highest BCUT2D eigenvalue weighted by Gasteiger charge is 2.22. The molecule has 1 aromatic carbocycles. The smallest absolute Gasteiger partial charge is 0.227 e. The van der Waals surface area contributed by atoms with E-state index < -0.39 is 0 Å². The average Bonchev–Trinajstić information content (AvgIpc) is 2.75. The fourth-order valence-electron chi connectivity index (χ4n) is 2.19. The van der Waals surface area contributed by atoms with Crippen molar-refractivity contribution in [3.8, 4) is 0 Å². The first-order valence-electron chi connectivity index (χ1n) is 5.74. The molecule has 2 nitrogen and oxygen atoms in total. The highest BCUT2D eigenvalue weighted by atomic mass is 127. The summed E-state index contributed by atoms with van der Waals surface area (Å²) < 4.78 is 1.20. The number of nitrogens with one attached hydrogen (secondary N) is 1. The van der Waals surface area contributed by atoms with Crippen molar-refractivity contribution in [2.75, 3.05) is 5.32 Å². The standard InChI is InChI=1S/C13H16INO/c1-9-8-11(14)6-7-12(9)15-13(16)10-4-2-3-5-10/h6-8,10H,2-5H2,1H3,(H,15,16). The molecular weight excluding hydrogens is 313 g/mol. The first-order valence-corrected chi connectivity index (χ1v) is 6.82. The minimum atomic E-state index is 0.196. The van der Waals surface area contributed by atoms with Crippen LogP contribution in [0.3, 0.4) is 0 Å². The molecule has 1 fully saturated rings. The van der Waals surface area contributed by atoms with Crippen molar-refractivity contribution in [1.29, 1.82) is 0 Å². The largest absolute Gasteiger partial charge is 0.326 e. The van der Waals surface area contributed by atoms with Crippen LogP contribution in [0.15, 0.2) is 18.2 Å². The van der Waals surface area contributed by atoms with Crippen molar-refractivity contribution in [2.45, 2.75) is 32.6 Å². The van der Waals surface area contributed by atoms with Crippen LogP contribution < -0.4 is 5.32 Å². The average molecular weight is 329 g/mol. The maximum atomic E-state index is 11.9. The van der Waals surface area contributed by atoms with E-state index in [0.29, 0.717) is 0 Å². The lowest BCUT2D eigenvalue weighted by Gasteiger charge is -2.12. The second kappa shape index (κ2) is 5.17. The Kier molecular flexibility index (Phi) is 3.84. The Bertz CT molecular complexity index is 397. The highest BCUT2D eigenvalue weighted by Crippen LogP contribution is 2.26. The van der Waals surface area contributed by atoms with Gasteiger partial charge in [0.2, 0.25) is 5.91 Å². The lowest BCUT2D eigenvalue weighted by molar-refractivity contribution is -0.119. The number of carbonyl (C=O) groups is 1. The number of halogens is 1. The molecule has 1 amide bonds. The SMILES string of the molecule is Cc1cc(I)ccc1NC(=O)C1CCCC1. The fraction of sp³-hybridized carbons (Fsp3) is 0.462. The Morgan fingerprint density at radius 3 is 2.69 bits per heavy atom. The normalized spacial score (nSPS) is 16.4. The van der Waals surface area contributed by atoms with Gasteiger partial charge in [-0.2, -0.15) is 0 Å². The van der Waals surface area contributed by atoms with Gasteiger partial charge in [-0.15, -0.1) is 0 Å². The number of hydrogen-bond acceptors (Lipinski definition) is 1. The molecule has 1 aromatic rings. The molecule has 0 spiro atoms. The minimum Gasteiger partial charge on any atom is -0.326 e. The van der Waals surface area contributed by atoms with E-state index in [2.05, 4.69) is 34.0 Å². The number of anilines is 1. The Morgan fingerprint density at radius 1 is 1.38 bits per heavy atom. The van der Waals surface area contributed by atoms with Crippen molar-refractivity contribution in [3.05, 3.63) is 27.3 Å². The lowest BCUT2D eigenvalue weighted by atomic mass is 10.1. The Hall–Kier alpha value is -0.580. The maximum absolute atomic E-state index is 11.9. The van der Waals surface area contributed by atoms with Crippen LogP contribution in [0.1, 0.15) is 31.2 Å². The van der Waals surface area contributed by atoms with Gasteiger partial charge in [0.05, 0.1) is 0 Å². The van der Waals surface area contributed by atoms with Crippen LogP contribution in [0.4, 0.5) is 5.69 Å². The van der Waals surface area contributed by atoms with Crippen LogP contribution in [0.5, 0.6) is 0 Å². The van der Waals surface area contributed by atoms with Crippen LogP contribution in [0, 0.1) is 16.4 Å². The van der Waals surface area contributed by atoms with Gasteiger partial charge in [-0.05, 0) is 66.1 Å². The first kappa shape index (κ1) is 11.9. The van der Waals surface area contributed by atoms with Gasteiger partial charge in [0.25, 0.3) is 0 Å². The fourth-order valence-corrected chi connectivity index (χ4v) is 2.84. The summed E-state index contributed by atoms with van der Waals surface area (Å²) in [4.78, 5) is 11.9. The summed E-state index contributed by atoms with van der Waals surface area (Å²) in [5.74, 6) is 0.431. The van der Waals surface area contributed by atoms with Gasteiger partial charge >= 0.3 is 0 Å². The molecule has 1 N–H and O–H groups in total.